The fraction of sp³-hybridized carbons (Fsp3) is 0.417. The van der Waals surface area contributed by atoms with Gasteiger partial charge in [-0.3, -0.25) is 4.79 Å². The second kappa shape index (κ2) is 4.97. The van der Waals surface area contributed by atoms with Gasteiger partial charge in [0.25, 0.3) is 5.91 Å². The summed E-state index contributed by atoms with van der Waals surface area (Å²) in [7, 11) is 0. The molecule has 18 heavy (non-hydrogen) atoms. The number of benzene rings is 1. The van der Waals surface area contributed by atoms with E-state index in [1.165, 1.54) is 4.90 Å². The molecule has 1 aliphatic rings. The van der Waals surface area contributed by atoms with Crippen LogP contribution < -0.4 is 5.73 Å². The molecule has 0 radical (unpaired) electrons. The molecule has 6 heteroatoms. The number of nitrogens with zero attached hydrogens (tertiary/aromatic N) is 1. The number of amides is 1. The van der Waals surface area contributed by atoms with Crippen LogP contribution in [0.25, 0.3) is 0 Å². The number of carbonyl (C=O) groups excluding carboxylic acids is 1. The minimum atomic E-state index is -1.56. The lowest BCUT2D eigenvalue weighted by atomic mass is 10.0. The lowest BCUT2D eigenvalue weighted by Crippen LogP contribution is -2.42. The molecule has 0 aliphatic carbocycles. The maximum Gasteiger partial charge on any atom is 0.254 e. The van der Waals surface area contributed by atoms with Crippen LogP contribution in [0.2, 0.25) is 0 Å². The molecule has 98 valence electrons. The van der Waals surface area contributed by atoms with Crippen LogP contribution in [0.3, 0.4) is 0 Å². The summed E-state index contributed by atoms with van der Waals surface area (Å²) in [6, 6.07) is 1.49. The van der Waals surface area contributed by atoms with Crippen LogP contribution in [0.1, 0.15) is 23.2 Å². The van der Waals surface area contributed by atoms with E-state index in [0.717, 1.165) is 12.1 Å². The molecule has 1 saturated heterocycles. The standard InChI is InChI=1S/C12H13F3N2O/c13-9-5-7(6-10(14)11(9)15)12(18)17-3-1-8(16)2-4-17/h5-6,8H,1-4,16H2. The zero-order chi connectivity index (χ0) is 13.3. The van der Waals surface area contributed by atoms with Crippen molar-refractivity contribution in [2.75, 3.05) is 13.1 Å². The normalized spacial score (nSPS) is 17.0. The molecule has 1 aromatic rings. The van der Waals surface area contributed by atoms with E-state index in [1.807, 2.05) is 0 Å². The van der Waals surface area contributed by atoms with Crippen LogP contribution in [0.5, 0.6) is 0 Å². The van der Waals surface area contributed by atoms with Crippen LogP contribution >= 0.6 is 0 Å². The molecule has 2 N–H and O–H groups in total. The van der Waals surface area contributed by atoms with Gasteiger partial charge in [-0.1, -0.05) is 0 Å². The molecule has 1 aliphatic heterocycles. The summed E-state index contributed by atoms with van der Waals surface area (Å²) in [6.07, 6.45) is 1.30. The predicted octanol–water partition coefficient (Wildman–Crippen LogP) is 1.67. The van der Waals surface area contributed by atoms with Crippen molar-refractivity contribution in [3.8, 4) is 0 Å². The molecule has 1 amide bonds. The summed E-state index contributed by atoms with van der Waals surface area (Å²) in [4.78, 5) is 13.4. The number of piperidine rings is 1. The summed E-state index contributed by atoms with van der Waals surface area (Å²) in [5.74, 6) is -4.77. The first-order valence-corrected chi connectivity index (χ1v) is 5.68. The second-order valence-corrected chi connectivity index (χ2v) is 4.38. The van der Waals surface area contributed by atoms with Gasteiger partial charge in [-0.05, 0) is 25.0 Å². The number of halogens is 3. The van der Waals surface area contributed by atoms with E-state index in [0.29, 0.717) is 25.9 Å². The van der Waals surface area contributed by atoms with Crippen molar-refractivity contribution in [2.24, 2.45) is 5.73 Å². The first-order chi connectivity index (χ1) is 8.49. The number of rotatable bonds is 1. The molecule has 0 unspecified atom stereocenters. The maximum absolute atomic E-state index is 13.0. The summed E-state index contributed by atoms with van der Waals surface area (Å²) >= 11 is 0. The van der Waals surface area contributed by atoms with E-state index in [-0.39, 0.29) is 11.6 Å². The monoisotopic (exact) mass is 258 g/mol. The minimum absolute atomic E-state index is 0.0516. The highest BCUT2D eigenvalue weighted by Crippen LogP contribution is 2.17. The van der Waals surface area contributed by atoms with Gasteiger partial charge >= 0.3 is 0 Å². The molecular weight excluding hydrogens is 245 g/mol. The topological polar surface area (TPSA) is 46.3 Å². The van der Waals surface area contributed by atoms with E-state index in [2.05, 4.69) is 0 Å². The molecule has 0 aromatic heterocycles. The van der Waals surface area contributed by atoms with E-state index >= 15 is 0 Å². The largest absolute Gasteiger partial charge is 0.339 e. The smallest absolute Gasteiger partial charge is 0.254 e. The van der Waals surface area contributed by atoms with Gasteiger partial charge in [-0.15, -0.1) is 0 Å². The van der Waals surface area contributed by atoms with Crippen molar-refractivity contribution in [3.63, 3.8) is 0 Å². The second-order valence-electron chi connectivity index (χ2n) is 4.38. The van der Waals surface area contributed by atoms with Crippen LogP contribution in [0, 0.1) is 17.5 Å². The Bertz CT molecular complexity index is 447. The third-order valence-electron chi connectivity index (χ3n) is 3.06. The van der Waals surface area contributed by atoms with Crippen molar-refractivity contribution in [2.45, 2.75) is 18.9 Å². The van der Waals surface area contributed by atoms with E-state index in [1.54, 1.807) is 0 Å². The van der Waals surface area contributed by atoms with E-state index in [4.69, 9.17) is 5.73 Å². The van der Waals surface area contributed by atoms with Crippen LogP contribution in [-0.2, 0) is 0 Å². The Balaban J connectivity index is 2.19. The van der Waals surface area contributed by atoms with Gasteiger partial charge in [0, 0.05) is 24.7 Å². The Labute approximate surface area is 102 Å². The molecular formula is C12H13F3N2O. The molecule has 2 rings (SSSR count). The van der Waals surface area contributed by atoms with E-state index < -0.39 is 23.4 Å². The average Bonchev–Trinajstić information content (AvgIpc) is 2.35. The number of hydrogen-bond donors (Lipinski definition) is 1. The Morgan fingerprint density at radius 3 is 2.17 bits per heavy atom. The molecule has 1 aromatic carbocycles. The Hall–Kier alpha value is -1.56. The van der Waals surface area contributed by atoms with E-state index in [9.17, 15) is 18.0 Å². The van der Waals surface area contributed by atoms with Gasteiger partial charge in [0.1, 0.15) is 0 Å². The number of likely N-dealkylation sites (tertiary alicyclic amines) is 1. The SMILES string of the molecule is NC1CCN(C(=O)c2cc(F)c(F)c(F)c2)CC1. The predicted molar refractivity (Wildman–Crippen MR) is 59.4 cm³/mol. The Morgan fingerprint density at radius 1 is 1.17 bits per heavy atom. The van der Waals surface area contributed by atoms with Crippen LogP contribution in [0.15, 0.2) is 12.1 Å². The van der Waals surface area contributed by atoms with Crippen molar-refractivity contribution in [1.29, 1.82) is 0 Å². The average molecular weight is 258 g/mol. The molecule has 0 saturated carbocycles. The third kappa shape index (κ3) is 2.48. The summed E-state index contributed by atoms with van der Waals surface area (Å²) in [5.41, 5.74) is 5.52. The van der Waals surface area contributed by atoms with Gasteiger partial charge in [0.05, 0.1) is 0 Å². The van der Waals surface area contributed by atoms with Crippen LogP contribution in [0.4, 0.5) is 13.2 Å². The fourth-order valence-electron chi connectivity index (χ4n) is 1.96. The summed E-state index contributed by atoms with van der Waals surface area (Å²) in [6.45, 7) is 0.890. The molecule has 3 nitrogen and oxygen atoms in total. The zero-order valence-corrected chi connectivity index (χ0v) is 9.63. The minimum Gasteiger partial charge on any atom is -0.339 e. The van der Waals surface area contributed by atoms with Gasteiger partial charge in [-0.2, -0.15) is 0 Å². The van der Waals surface area contributed by atoms with Crippen molar-refractivity contribution >= 4 is 5.91 Å². The van der Waals surface area contributed by atoms with Crippen molar-refractivity contribution < 1.29 is 18.0 Å². The van der Waals surface area contributed by atoms with Gasteiger partial charge in [0.2, 0.25) is 0 Å². The quantitative estimate of drug-likeness (QED) is 0.779. The highest BCUT2D eigenvalue weighted by molar-refractivity contribution is 5.94. The van der Waals surface area contributed by atoms with Crippen LogP contribution in [-0.4, -0.2) is 29.9 Å². The first kappa shape index (κ1) is 12.9. The molecule has 1 fully saturated rings. The number of hydrogen-bond acceptors (Lipinski definition) is 2. The Morgan fingerprint density at radius 2 is 1.67 bits per heavy atom. The van der Waals surface area contributed by atoms with Crippen molar-refractivity contribution in [3.05, 3.63) is 35.1 Å². The van der Waals surface area contributed by atoms with Gasteiger partial charge in [-0.25, -0.2) is 13.2 Å². The molecule has 0 atom stereocenters. The highest BCUT2D eigenvalue weighted by atomic mass is 19.2. The lowest BCUT2D eigenvalue weighted by molar-refractivity contribution is 0.0713. The maximum atomic E-state index is 13.0. The highest BCUT2D eigenvalue weighted by Gasteiger charge is 2.23. The van der Waals surface area contributed by atoms with Crippen molar-refractivity contribution in [1.82, 2.24) is 4.90 Å². The van der Waals surface area contributed by atoms with Gasteiger partial charge < -0.3 is 10.6 Å². The Kier molecular flexibility index (Phi) is 3.56. The molecule has 1 heterocycles. The molecule has 0 bridgehead atoms. The zero-order valence-electron chi connectivity index (χ0n) is 9.63. The van der Waals surface area contributed by atoms with Gasteiger partial charge in [0.15, 0.2) is 17.5 Å². The molecule has 0 spiro atoms. The third-order valence-corrected chi connectivity index (χ3v) is 3.06. The fourth-order valence-corrected chi connectivity index (χ4v) is 1.96. The number of nitrogens with two attached hydrogens (primary N) is 1. The summed E-state index contributed by atoms with van der Waals surface area (Å²) < 4.78 is 38.8. The summed E-state index contributed by atoms with van der Waals surface area (Å²) in [5, 5.41) is 0. The first-order valence-electron chi connectivity index (χ1n) is 5.68. The lowest BCUT2D eigenvalue weighted by Gasteiger charge is -2.30. The number of carbonyl (C=O) groups is 1.